The van der Waals surface area contributed by atoms with Crippen molar-refractivity contribution in [1.29, 1.82) is 0 Å². The summed E-state index contributed by atoms with van der Waals surface area (Å²) in [5.41, 5.74) is 1.87. The van der Waals surface area contributed by atoms with Crippen molar-refractivity contribution in [2.24, 2.45) is 7.05 Å². The Morgan fingerprint density at radius 1 is 1.24 bits per heavy atom. The van der Waals surface area contributed by atoms with Gasteiger partial charge in [-0.2, -0.15) is 5.10 Å². The molecule has 25 heavy (non-hydrogen) atoms. The molecule has 130 valence electrons. The molecule has 1 amide bonds. The Hall–Kier alpha value is -2.63. The Bertz CT molecular complexity index is 939. The van der Waals surface area contributed by atoms with Crippen LogP contribution < -0.4 is 0 Å². The fourth-order valence-electron chi connectivity index (χ4n) is 3.88. The minimum Gasteiger partial charge on any atom is -0.351 e. The van der Waals surface area contributed by atoms with E-state index in [4.69, 9.17) is 0 Å². The van der Waals surface area contributed by atoms with Crippen molar-refractivity contribution in [1.82, 2.24) is 24.2 Å². The van der Waals surface area contributed by atoms with Crippen molar-refractivity contribution in [3.8, 4) is 0 Å². The van der Waals surface area contributed by atoms with Crippen LogP contribution in [0.2, 0.25) is 0 Å². The summed E-state index contributed by atoms with van der Waals surface area (Å²) in [5, 5.41) is 5.54. The molecule has 0 N–H and O–H groups in total. The average Bonchev–Trinajstić information content (AvgIpc) is 3.16. The maximum atomic E-state index is 13.2. The summed E-state index contributed by atoms with van der Waals surface area (Å²) < 4.78 is 4.03. The zero-order valence-corrected chi connectivity index (χ0v) is 14.9. The van der Waals surface area contributed by atoms with Gasteiger partial charge in [-0.1, -0.05) is 6.07 Å². The predicted molar refractivity (Wildman–Crippen MR) is 96.6 cm³/mol. The van der Waals surface area contributed by atoms with Gasteiger partial charge < -0.3 is 9.47 Å². The van der Waals surface area contributed by atoms with Crippen LogP contribution in [0, 0.1) is 13.8 Å². The average molecular weight is 337 g/mol. The lowest BCUT2D eigenvalue weighted by Crippen LogP contribution is -2.41. The SMILES string of the molecule is Cc1nc(C)n([C@@H]2CCCN(C(=O)c3cccc4c3ccn4C)C2)n1. The van der Waals surface area contributed by atoms with Crippen LogP contribution in [0.5, 0.6) is 0 Å². The molecule has 6 nitrogen and oxygen atoms in total. The first-order valence-electron chi connectivity index (χ1n) is 8.77. The molecule has 1 atom stereocenters. The quantitative estimate of drug-likeness (QED) is 0.722. The summed E-state index contributed by atoms with van der Waals surface area (Å²) in [6.45, 7) is 5.37. The summed E-state index contributed by atoms with van der Waals surface area (Å²) in [7, 11) is 2.00. The van der Waals surface area contributed by atoms with E-state index < -0.39 is 0 Å². The molecule has 1 fully saturated rings. The Kier molecular flexibility index (Phi) is 3.82. The molecular weight excluding hydrogens is 314 g/mol. The highest BCUT2D eigenvalue weighted by atomic mass is 16.2. The van der Waals surface area contributed by atoms with Crippen LogP contribution >= 0.6 is 0 Å². The molecule has 3 heterocycles. The molecule has 1 aromatic carbocycles. The van der Waals surface area contributed by atoms with Crippen LogP contribution in [0.3, 0.4) is 0 Å². The minimum absolute atomic E-state index is 0.107. The predicted octanol–water partition coefficient (Wildman–Crippen LogP) is 2.86. The van der Waals surface area contributed by atoms with E-state index in [2.05, 4.69) is 10.1 Å². The van der Waals surface area contributed by atoms with Crippen LogP contribution in [0.1, 0.15) is 40.9 Å². The van der Waals surface area contributed by atoms with Crippen LogP contribution in [0.4, 0.5) is 0 Å². The van der Waals surface area contributed by atoms with E-state index in [1.807, 2.05) is 65.5 Å². The zero-order chi connectivity index (χ0) is 17.6. The fourth-order valence-corrected chi connectivity index (χ4v) is 3.88. The number of carbonyl (C=O) groups is 1. The van der Waals surface area contributed by atoms with Crippen molar-refractivity contribution in [3.63, 3.8) is 0 Å². The molecule has 1 saturated heterocycles. The molecule has 1 aliphatic heterocycles. The number of piperidine rings is 1. The Morgan fingerprint density at radius 2 is 2.08 bits per heavy atom. The molecule has 0 unspecified atom stereocenters. The number of amides is 1. The van der Waals surface area contributed by atoms with E-state index >= 15 is 0 Å². The van der Waals surface area contributed by atoms with Gasteiger partial charge in [0.15, 0.2) is 0 Å². The second-order valence-corrected chi connectivity index (χ2v) is 6.86. The van der Waals surface area contributed by atoms with Crippen LogP contribution in [0.15, 0.2) is 30.5 Å². The highest BCUT2D eigenvalue weighted by Crippen LogP contribution is 2.26. The number of nitrogens with zero attached hydrogens (tertiary/aromatic N) is 5. The summed E-state index contributed by atoms with van der Waals surface area (Å²) in [4.78, 5) is 19.5. The number of fused-ring (bicyclic) bond motifs is 1. The zero-order valence-electron chi connectivity index (χ0n) is 14.9. The molecule has 3 aromatic rings. The van der Waals surface area contributed by atoms with E-state index in [1.165, 1.54) is 0 Å². The molecule has 4 rings (SSSR count). The minimum atomic E-state index is 0.107. The van der Waals surface area contributed by atoms with E-state index in [0.717, 1.165) is 47.5 Å². The van der Waals surface area contributed by atoms with E-state index in [9.17, 15) is 4.79 Å². The van der Waals surface area contributed by atoms with Crippen molar-refractivity contribution in [2.45, 2.75) is 32.7 Å². The molecule has 0 spiro atoms. The van der Waals surface area contributed by atoms with Gasteiger partial charge in [-0.3, -0.25) is 4.79 Å². The number of benzene rings is 1. The lowest BCUT2D eigenvalue weighted by molar-refractivity contribution is 0.0673. The number of aryl methyl sites for hydroxylation is 3. The van der Waals surface area contributed by atoms with Crippen molar-refractivity contribution < 1.29 is 4.79 Å². The molecule has 6 heteroatoms. The highest BCUT2D eigenvalue weighted by Gasteiger charge is 2.28. The van der Waals surface area contributed by atoms with Crippen molar-refractivity contribution in [2.75, 3.05) is 13.1 Å². The van der Waals surface area contributed by atoms with Gasteiger partial charge in [0, 0.05) is 42.8 Å². The topological polar surface area (TPSA) is 56.0 Å². The molecule has 0 bridgehead atoms. The van der Waals surface area contributed by atoms with E-state index in [1.54, 1.807) is 0 Å². The molecule has 0 saturated carbocycles. The van der Waals surface area contributed by atoms with Gasteiger partial charge in [-0.05, 0) is 44.9 Å². The largest absolute Gasteiger partial charge is 0.351 e. The van der Waals surface area contributed by atoms with Gasteiger partial charge in [0.2, 0.25) is 0 Å². The third-order valence-electron chi connectivity index (χ3n) is 5.10. The number of rotatable bonds is 2. The van der Waals surface area contributed by atoms with Crippen LogP contribution in [0.25, 0.3) is 10.9 Å². The number of aromatic nitrogens is 4. The standard InChI is InChI=1S/C19H23N5O/c1-13-20-14(2)24(21-13)15-6-5-10-23(12-15)19(25)17-7-4-8-18-16(17)9-11-22(18)3/h4,7-9,11,15H,5-6,10,12H2,1-3H3/t15-/m1/s1. The van der Waals surface area contributed by atoms with E-state index in [-0.39, 0.29) is 11.9 Å². The second-order valence-electron chi connectivity index (χ2n) is 6.86. The lowest BCUT2D eigenvalue weighted by Gasteiger charge is -2.33. The van der Waals surface area contributed by atoms with Crippen LogP contribution in [-0.2, 0) is 7.05 Å². The molecule has 0 radical (unpaired) electrons. The first-order valence-corrected chi connectivity index (χ1v) is 8.77. The Morgan fingerprint density at radius 3 is 2.84 bits per heavy atom. The summed E-state index contributed by atoms with van der Waals surface area (Å²) >= 11 is 0. The van der Waals surface area contributed by atoms with E-state index in [0.29, 0.717) is 6.54 Å². The first-order chi connectivity index (χ1) is 12.0. The third-order valence-corrected chi connectivity index (χ3v) is 5.10. The van der Waals surface area contributed by atoms with Crippen molar-refractivity contribution in [3.05, 3.63) is 47.7 Å². The van der Waals surface area contributed by atoms with Crippen molar-refractivity contribution >= 4 is 16.8 Å². The smallest absolute Gasteiger partial charge is 0.254 e. The second kappa shape index (κ2) is 6.02. The summed E-state index contributed by atoms with van der Waals surface area (Å²) in [6, 6.07) is 8.16. The molecule has 1 aliphatic rings. The number of carbonyl (C=O) groups excluding carboxylic acids is 1. The number of likely N-dealkylation sites (tertiary alicyclic amines) is 1. The van der Waals surface area contributed by atoms with Gasteiger partial charge in [0.25, 0.3) is 5.91 Å². The van der Waals surface area contributed by atoms with Gasteiger partial charge in [-0.15, -0.1) is 0 Å². The maximum absolute atomic E-state index is 13.2. The number of hydrogen-bond acceptors (Lipinski definition) is 3. The Labute approximate surface area is 147 Å². The van der Waals surface area contributed by atoms with Crippen LogP contribution in [-0.4, -0.2) is 43.2 Å². The van der Waals surface area contributed by atoms with Gasteiger partial charge in [0.05, 0.1) is 6.04 Å². The highest BCUT2D eigenvalue weighted by molar-refractivity contribution is 6.06. The summed E-state index contributed by atoms with van der Waals surface area (Å²) in [6.07, 6.45) is 4.02. The van der Waals surface area contributed by atoms with Gasteiger partial charge in [0.1, 0.15) is 11.6 Å². The van der Waals surface area contributed by atoms with Gasteiger partial charge >= 0.3 is 0 Å². The normalized spacial score (nSPS) is 18.0. The molecular formula is C19H23N5O. The molecule has 2 aromatic heterocycles. The number of hydrogen-bond donors (Lipinski definition) is 0. The third kappa shape index (κ3) is 2.71. The first kappa shape index (κ1) is 15.9. The molecule has 0 aliphatic carbocycles. The lowest BCUT2D eigenvalue weighted by atomic mass is 10.0. The monoisotopic (exact) mass is 337 g/mol. The Balaban J connectivity index is 1.62. The summed E-state index contributed by atoms with van der Waals surface area (Å²) in [5.74, 6) is 1.81. The van der Waals surface area contributed by atoms with Gasteiger partial charge in [-0.25, -0.2) is 9.67 Å². The fraction of sp³-hybridized carbons (Fsp3) is 0.421. The maximum Gasteiger partial charge on any atom is 0.254 e.